The number of rotatable bonds is 12. The number of hydrogen-bond acceptors (Lipinski definition) is 4. The molecule has 0 fully saturated rings. The molecular weight excluding hydrogens is 252 g/mol. The van der Waals surface area contributed by atoms with E-state index in [1.165, 1.54) is 25.8 Å². The van der Waals surface area contributed by atoms with Gasteiger partial charge in [-0.25, -0.2) is 0 Å². The molecule has 0 amide bonds. The van der Waals surface area contributed by atoms with E-state index in [4.69, 9.17) is 4.74 Å². The highest BCUT2D eigenvalue weighted by atomic mass is 16.5. The lowest BCUT2D eigenvalue weighted by Gasteiger charge is -2.27. The van der Waals surface area contributed by atoms with E-state index >= 15 is 0 Å². The highest BCUT2D eigenvalue weighted by Crippen LogP contribution is 2.15. The van der Waals surface area contributed by atoms with E-state index < -0.39 is 5.54 Å². The third kappa shape index (κ3) is 7.85. The van der Waals surface area contributed by atoms with E-state index in [1.807, 2.05) is 20.9 Å². The molecule has 0 saturated carbocycles. The van der Waals surface area contributed by atoms with Crippen molar-refractivity contribution < 1.29 is 9.53 Å². The van der Waals surface area contributed by atoms with E-state index in [2.05, 4.69) is 24.2 Å². The van der Waals surface area contributed by atoms with E-state index in [0.29, 0.717) is 6.61 Å². The maximum Gasteiger partial charge on any atom is 0.326 e. The van der Waals surface area contributed by atoms with Crippen molar-refractivity contribution in [2.24, 2.45) is 0 Å². The largest absolute Gasteiger partial charge is 0.465 e. The van der Waals surface area contributed by atoms with Gasteiger partial charge in [-0.2, -0.15) is 0 Å². The average Bonchev–Trinajstić information content (AvgIpc) is 2.44. The van der Waals surface area contributed by atoms with Crippen LogP contribution < -0.4 is 5.32 Å². The zero-order valence-corrected chi connectivity index (χ0v) is 14.1. The molecule has 4 heteroatoms. The predicted octanol–water partition coefficient (Wildman–Crippen LogP) is 2.82. The minimum atomic E-state index is -0.545. The predicted molar refractivity (Wildman–Crippen MR) is 85.0 cm³/mol. The molecule has 1 N–H and O–H groups in total. The number of esters is 1. The van der Waals surface area contributed by atoms with Crippen LogP contribution >= 0.6 is 0 Å². The molecule has 0 aromatic rings. The number of carbonyl (C=O) groups is 1. The summed E-state index contributed by atoms with van der Waals surface area (Å²) < 4.78 is 5.13. The average molecular weight is 286 g/mol. The van der Waals surface area contributed by atoms with Crippen LogP contribution in [0.3, 0.4) is 0 Å². The lowest BCUT2D eigenvalue weighted by Crippen LogP contribution is -2.48. The minimum absolute atomic E-state index is 0.140. The van der Waals surface area contributed by atoms with Crippen molar-refractivity contribution in [3.8, 4) is 0 Å². The molecule has 0 rings (SSSR count). The molecule has 0 saturated heterocycles. The summed E-state index contributed by atoms with van der Waals surface area (Å²) in [4.78, 5) is 14.3. The number of hydrogen-bond donors (Lipinski definition) is 1. The Hall–Kier alpha value is -0.610. The molecule has 120 valence electrons. The molecule has 0 bridgehead atoms. The standard InChI is InChI=1S/C16H34N2O2/c1-6-8-10-13-18(5)14-11-9-12-16(3,17-4)15(19)20-7-2/h17H,6-14H2,1-5H3. The third-order valence-corrected chi connectivity index (χ3v) is 3.89. The quantitative estimate of drug-likeness (QED) is 0.442. The van der Waals surface area contributed by atoms with Gasteiger partial charge >= 0.3 is 5.97 Å². The highest BCUT2D eigenvalue weighted by Gasteiger charge is 2.32. The van der Waals surface area contributed by atoms with Crippen molar-refractivity contribution in [1.29, 1.82) is 0 Å². The summed E-state index contributed by atoms with van der Waals surface area (Å²) in [5.74, 6) is -0.140. The molecule has 0 heterocycles. The normalized spacial score (nSPS) is 14.3. The van der Waals surface area contributed by atoms with Gasteiger partial charge in [0.2, 0.25) is 0 Å². The number of carbonyl (C=O) groups excluding carboxylic acids is 1. The molecule has 0 aliphatic rings. The Morgan fingerprint density at radius 3 is 2.25 bits per heavy atom. The van der Waals surface area contributed by atoms with Crippen molar-refractivity contribution >= 4 is 5.97 Å². The Morgan fingerprint density at radius 2 is 1.75 bits per heavy atom. The van der Waals surface area contributed by atoms with Crippen molar-refractivity contribution in [3.63, 3.8) is 0 Å². The Labute approximate surface area is 125 Å². The van der Waals surface area contributed by atoms with Crippen molar-refractivity contribution in [2.45, 2.75) is 64.8 Å². The lowest BCUT2D eigenvalue weighted by atomic mass is 9.95. The number of ether oxygens (including phenoxy) is 1. The smallest absolute Gasteiger partial charge is 0.326 e. The van der Waals surface area contributed by atoms with Gasteiger partial charge in [0.25, 0.3) is 0 Å². The molecule has 1 atom stereocenters. The van der Waals surface area contributed by atoms with Gasteiger partial charge in [0.05, 0.1) is 6.61 Å². The van der Waals surface area contributed by atoms with Crippen LogP contribution in [0.2, 0.25) is 0 Å². The van der Waals surface area contributed by atoms with Crippen molar-refractivity contribution in [1.82, 2.24) is 10.2 Å². The van der Waals surface area contributed by atoms with Gasteiger partial charge in [0.1, 0.15) is 5.54 Å². The first-order valence-electron chi connectivity index (χ1n) is 8.04. The second kappa shape index (κ2) is 11.1. The Kier molecular flexibility index (Phi) is 10.8. The van der Waals surface area contributed by atoms with Gasteiger partial charge in [0, 0.05) is 0 Å². The van der Waals surface area contributed by atoms with E-state index in [-0.39, 0.29) is 5.97 Å². The van der Waals surface area contributed by atoms with Gasteiger partial charge in [-0.05, 0) is 66.7 Å². The lowest BCUT2D eigenvalue weighted by molar-refractivity contribution is -0.150. The molecule has 0 radical (unpaired) electrons. The summed E-state index contributed by atoms with van der Waals surface area (Å²) in [7, 11) is 4.01. The summed E-state index contributed by atoms with van der Waals surface area (Å²) in [5.41, 5.74) is -0.545. The van der Waals surface area contributed by atoms with Crippen molar-refractivity contribution in [2.75, 3.05) is 33.8 Å². The first-order chi connectivity index (χ1) is 9.50. The van der Waals surface area contributed by atoms with Crippen LogP contribution in [0.5, 0.6) is 0 Å². The van der Waals surface area contributed by atoms with Crippen LogP contribution in [-0.4, -0.2) is 50.2 Å². The number of likely N-dealkylation sites (N-methyl/N-ethyl adjacent to an activating group) is 1. The summed E-state index contributed by atoms with van der Waals surface area (Å²) >= 11 is 0. The third-order valence-electron chi connectivity index (χ3n) is 3.89. The first-order valence-corrected chi connectivity index (χ1v) is 8.04. The number of nitrogens with one attached hydrogen (secondary N) is 1. The second-order valence-electron chi connectivity index (χ2n) is 5.77. The fourth-order valence-corrected chi connectivity index (χ4v) is 2.22. The van der Waals surface area contributed by atoms with Gasteiger partial charge in [-0.15, -0.1) is 0 Å². The molecule has 20 heavy (non-hydrogen) atoms. The van der Waals surface area contributed by atoms with Crippen LogP contribution in [0.4, 0.5) is 0 Å². The minimum Gasteiger partial charge on any atom is -0.465 e. The Morgan fingerprint density at radius 1 is 1.15 bits per heavy atom. The van der Waals surface area contributed by atoms with Gasteiger partial charge in [-0.1, -0.05) is 19.8 Å². The van der Waals surface area contributed by atoms with E-state index in [0.717, 1.165) is 25.8 Å². The zero-order chi connectivity index (χ0) is 15.4. The monoisotopic (exact) mass is 286 g/mol. The number of unbranched alkanes of at least 4 members (excludes halogenated alkanes) is 3. The van der Waals surface area contributed by atoms with Crippen LogP contribution in [0.1, 0.15) is 59.3 Å². The first kappa shape index (κ1) is 19.4. The maximum absolute atomic E-state index is 11.9. The molecule has 0 spiro atoms. The molecule has 1 unspecified atom stereocenters. The van der Waals surface area contributed by atoms with Crippen LogP contribution in [0.15, 0.2) is 0 Å². The fraction of sp³-hybridized carbons (Fsp3) is 0.938. The van der Waals surface area contributed by atoms with Gasteiger partial charge in [0.15, 0.2) is 0 Å². The van der Waals surface area contributed by atoms with Crippen LogP contribution in [0, 0.1) is 0 Å². The maximum atomic E-state index is 11.9. The van der Waals surface area contributed by atoms with Gasteiger partial charge < -0.3 is 15.0 Å². The number of nitrogens with zero attached hydrogens (tertiary/aromatic N) is 1. The van der Waals surface area contributed by atoms with Crippen molar-refractivity contribution in [3.05, 3.63) is 0 Å². The Bertz CT molecular complexity index is 259. The highest BCUT2D eigenvalue weighted by molar-refractivity contribution is 5.80. The fourth-order valence-electron chi connectivity index (χ4n) is 2.22. The van der Waals surface area contributed by atoms with E-state index in [1.54, 1.807) is 0 Å². The van der Waals surface area contributed by atoms with Gasteiger partial charge in [-0.3, -0.25) is 4.79 Å². The second-order valence-corrected chi connectivity index (χ2v) is 5.77. The zero-order valence-electron chi connectivity index (χ0n) is 14.1. The SMILES string of the molecule is CCCCCN(C)CCCCC(C)(NC)C(=O)OCC. The summed E-state index contributed by atoms with van der Waals surface area (Å²) in [5, 5.41) is 3.10. The van der Waals surface area contributed by atoms with Crippen LogP contribution in [0.25, 0.3) is 0 Å². The molecular formula is C16H34N2O2. The summed E-state index contributed by atoms with van der Waals surface area (Å²) in [6.07, 6.45) is 6.85. The van der Waals surface area contributed by atoms with Crippen LogP contribution in [-0.2, 0) is 9.53 Å². The molecule has 0 aromatic heterocycles. The topological polar surface area (TPSA) is 41.6 Å². The van der Waals surface area contributed by atoms with E-state index in [9.17, 15) is 4.79 Å². The molecule has 0 aromatic carbocycles. The molecule has 0 aliphatic carbocycles. The summed E-state index contributed by atoms with van der Waals surface area (Å²) in [6, 6.07) is 0. The Balaban J connectivity index is 3.87. The molecule has 4 nitrogen and oxygen atoms in total. The molecule has 0 aliphatic heterocycles. The summed E-state index contributed by atoms with van der Waals surface area (Å²) in [6.45, 7) is 8.72.